The van der Waals surface area contributed by atoms with Crippen molar-refractivity contribution in [1.82, 2.24) is 0 Å². The predicted octanol–water partition coefficient (Wildman–Crippen LogP) is 4.22. The second kappa shape index (κ2) is 5.32. The molecule has 1 N–H and O–H groups in total. The zero-order chi connectivity index (χ0) is 18.6. The van der Waals surface area contributed by atoms with Gasteiger partial charge in [-0.1, -0.05) is 48.5 Å². The van der Waals surface area contributed by atoms with Gasteiger partial charge in [-0.05, 0) is 11.1 Å². The van der Waals surface area contributed by atoms with Gasteiger partial charge in [-0.25, -0.2) is 0 Å². The van der Waals surface area contributed by atoms with Crippen molar-refractivity contribution in [3.8, 4) is 0 Å². The van der Waals surface area contributed by atoms with Gasteiger partial charge in [-0.2, -0.15) is 26.3 Å². The Morgan fingerprint density at radius 1 is 0.720 bits per heavy atom. The van der Waals surface area contributed by atoms with Crippen LogP contribution in [0.3, 0.4) is 0 Å². The number of rotatable bonds is 1. The Morgan fingerprint density at radius 2 is 1.08 bits per heavy atom. The van der Waals surface area contributed by atoms with E-state index in [-0.39, 0.29) is 11.1 Å². The molecule has 2 aromatic carbocycles. The lowest BCUT2D eigenvalue weighted by molar-refractivity contribution is -0.372. The van der Waals surface area contributed by atoms with Crippen molar-refractivity contribution in [3.63, 3.8) is 0 Å². The standard InChI is InChI=1S/C17H10F6O2/c18-16(19,20)15(25,17(21,22)23)13-9-5-1-3-7-11(9)14(24)12-8-4-2-6-10(12)13/h1-8,13,25H. The summed E-state index contributed by atoms with van der Waals surface area (Å²) in [5, 5.41) is 9.93. The van der Waals surface area contributed by atoms with E-state index in [1.165, 1.54) is 24.3 Å². The fraction of sp³-hybridized carbons (Fsp3) is 0.235. The van der Waals surface area contributed by atoms with Crippen LogP contribution in [0.5, 0.6) is 0 Å². The van der Waals surface area contributed by atoms with E-state index in [1.807, 2.05) is 0 Å². The first-order valence-corrected chi connectivity index (χ1v) is 7.08. The lowest BCUT2D eigenvalue weighted by Crippen LogP contribution is -2.61. The number of hydrogen-bond acceptors (Lipinski definition) is 2. The Kier molecular flexibility index (Phi) is 3.72. The summed E-state index contributed by atoms with van der Waals surface area (Å²) in [6.45, 7) is 0. The molecule has 8 heteroatoms. The van der Waals surface area contributed by atoms with Gasteiger partial charge in [0.15, 0.2) is 5.78 Å². The molecule has 3 rings (SSSR count). The SMILES string of the molecule is O=C1c2ccccc2C(C(O)(C(F)(F)F)C(F)(F)F)c2ccccc21. The van der Waals surface area contributed by atoms with Gasteiger partial charge in [0.25, 0.3) is 5.60 Å². The van der Waals surface area contributed by atoms with Crippen molar-refractivity contribution < 1.29 is 36.2 Å². The van der Waals surface area contributed by atoms with Crippen molar-refractivity contribution in [2.24, 2.45) is 0 Å². The lowest BCUT2D eigenvalue weighted by atomic mass is 9.69. The largest absolute Gasteiger partial charge is 0.427 e. The third-order valence-corrected chi connectivity index (χ3v) is 4.31. The molecule has 0 unspecified atom stereocenters. The zero-order valence-corrected chi connectivity index (χ0v) is 12.3. The number of carbonyl (C=O) groups excluding carboxylic acids is 1. The Bertz CT molecular complexity index is 774. The van der Waals surface area contributed by atoms with Crippen molar-refractivity contribution in [2.75, 3.05) is 0 Å². The number of ketones is 1. The first kappa shape index (κ1) is 17.5. The van der Waals surface area contributed by atoms with Gasteiger partial charge in [-0.15, -0.1) is 0 Å². The van der Waals surface area contributed by atoms with E-state index in [9.17, 15) is 36.2 Å². The summed E-state index contributed by atoms with van der Waals surface area (Å²) in [5.74, 6) is -3.19. The molecule has 0 heterocycles. The number of fused-ring (bicyclic) bond motifs is 2. The molecule has 0 aliphatic heterocycles. The van der Waals surface area contributed by atoms with Gasteiger partial charge in [-0.3, -0.25) is 4.79 Å². The Morgan fingerprint density at radius 3 is 1.44 bits per heavy atom. The molecule has 0 spiro atoms. The highest BCUT2D eigenvalue weighted by atomic mass is 19.4. The Hall–Kier alpha value is -2.35. The van der Waals surface area contributed by atoms with Crippen LogP contribution in [0.25, 0.3) is 0 Å². The topological polar surface area (TPSA) is 37.3 Å². The average molecular weight is 360 g/mol. The smallest absolute Gasteiger partial charge is 0.373 e. The minimum atomic E-state index is -6.00. The van der Waals surface area contributed by atoms with E-state index in [4.69, 9.17) is 0 Å². The Labute approximate surface area is 137 Å². The zero-order valence-electron chi connectivity index (χ0n) is 12.3. The van der Waals surface area contributed by atoms with Crippen LogP contribution in [0.4, 0.5) is 26.3 Å². The number of carbonyl (C=O) groups is 1. The first-order valence-electron chi connectivity index (χ1n) is 7.08. The van der Waals surface area contributed by atoms with Gasteiger partial charge < -0.3 is 5.11 Å². The van der Waals surface area contributed by atoms with Gasteiger partial charge in [0, 0.05) is 11.1 Å². The van der Waals surface area contributed by atoms with Crippen molar-refractivity contribution >= 4 is 5.78 Å². The molecule has 1 aliphatic rings. The summed E-state index contributed by atoms with van der Waals surface area (Å²) < 4.78 is 80.5. The highest BCUT2D eigenvalue weighted by Gasteiger charge is 2.75. The minimum absolute atomic E-state index is 0.293. The maximum absolute atomic E-state index is 13.4. The van der Waals surface area contributed by atoms with Crippen LogP contribution in [0.2, 0.25) is 0 Å². The number of alkyl halides is 6. The quantitative estimate of drug-likeness (QED) is 0.774. The van der Waals surface area contributed by atoms with Gasteiger partial charge in [0.2, 0.25) is 0 Å². The fourth-order valence-electron chi connectivity index (χ4n) is 3.16. The van der Waals surface area contributed by atoms with E-state index in [2.05, 4.69) is 0 Å². The molecule has 0 bridgehead atoms. The molecule has 0 radical (unpaired) electrons. The summed E-state index contributed by atoms with van der Waals surface area (Å²) in [6.07, 6.45) is -12.0. The van der Waals surface area contributed by atoms with Crippen LogP contribution in [-0.4, -0.2) is 28.8 Å². The van der Waals surface area contributed by atoms with Crippen LogP contribution in [0, 0.1) is 0 Å². The number of hydrogen-bond donors (Lipinski definition) is 1. The molecule has 0 aromatic heterocycles. The molecule has 2 nitrogen and oxygen atoms in total. The molecule has 0 amide bonds. The summed E-state index contributed by atoms with van der Waals surface area (Å²) in [6, 6.07) is 9.40. The van der Waals surface area contributed by atoms with Crippen molar-refractivity contribution in [2.45, 2.75) is 23.9 Å². The van der Waals surface area contributed by atoms with E-state index in [0.717, 1.165) is 24.3 Å². The van der Waals surface area contributed by atoms with E-state index in [1.54, 1.807) is 0 Å². The average Bonchev–Trinajstić information content (AvgIpc) is 2.53. The lowest BCUT2D eigenvalue weighted by Gasteiger charge is -2.41. The molecule has 25 heavy (non-hydrogen) atoms. The monoisotopic (exact) mass is 360 g/mol. The van der Waals surface area contributed by atoms with E-state index < -0.39 is 40.8 Å². The summed E-state index contributed by atoms with van der Waals surface area (Å²) in [5.41, 5.74) is -6.64. The third-order valence-electron chi connectivity index (χ3n) is 4.31. The van der Waals surface area contributed by atoms with Gasteiger partial charge >= 0.3 is 12.4 Å². The molecular weight excluding hydrogens is 350 g/mol. The number of benzene rings is 2. The maximum atomic E-state index is 13.4. The van der Waals surface area contributed by atoms with Gasteiger partial charge in [0.1, 0.15) is 0 Å². The normalized spacial score (nSPS) is 15.7. The van der Waals surface area contributed by atoms with Crippen molar-refractivity contribution in [3.05, 3.63) is 70.8 Å². The van der Waals surface area contributed by atoms with Crippen LogP contribution in [0.15, 0.2) is 48.5 Å². The Balaban J connectivity index is 2.40. The molecule has 1 aliphatic carbocycles. The molecule has 0 atom stereocenters. The summed E-state index contributed by atoms with van der Waals surface area (Å²) in [7, 11) is 0. The summed E-state index contributed by atoms with van der Waals surface area (Å²) >= 11 is 0. The van der Waals surface area contributed by atoms with Crippen molar-refractivity contribution in [1.29, 1.82) is 0 Å². The van der Waals surface area contributed by atoms with Crippen LogP contribution < -0.4 is 0 Å². The molecular formula is C17H10F6O2. The van der Waals surface area contributed by atoms with Gasteiger partial charge in [0.05, 0.1) is 5.92 Å². The molecule has 0 saturated heterocycles. The molecule has 0 saturated carbocycles. The number of aliphatic hydroxyl groups is 1. The molecule has 132 valence electrons. The third kappa shape index (κ3) is 2.35. The predicted molar refractivity (Wildman–Crippen MR) is 75.2 cm³/mol. The summed E-state index contributed by atoms with van der Waals surface area (Å²) in [4.78, 5) is 12.4. The highest BCUT2D eigenvalue weighted by molar-refractivity contribution is 6.12. The van der Waals surface area contributed by atoms with Crippen LogP contribution >= 0.6 is 0 Å². The van der Waals surface area contributed by atoms with E-state index in [0.29, 0.717) is 0 Å². The molecule has 2 aromatic rings. The minimum Gasteiger partial charge on any atom is -0.373 e. The fourth-order valence-corrected chi connectivity index (χ4v) is 3.16. The molecule has 0 fully saturated rings. The second-order valence-corrected chi connectivity index (χ2v) is 5.70. The first-order chi connectivity index (χ1) is 11.5. The van der Waals surface area contributed by atoms with Crippen LogP contribution in [0.1, 0.15) is 33.0 Å². The number of halogens is 6. The second-order valence-electron chi connectivity index (χ2n) is 5.70. The maximum Gasteiger partial charge on any atom is 0.427 e. The van der Waals surface area contributed by atoms with E-state index >= 15 is 0 Å². The van der Waals surface area contributed by atoms with Crippen LogP contribution in [-0.2, 0) is 0 Å². The highest BCUT2D eigenvalue weighted by Crippen LogP contribution is 2.55.